The number of rotatable bonds is 7. The van der Waals surface area contributed by atoms with E-state index < -0.39 is 0 Å². The van der Waals surface area contributed by atoms with Gasteiger partial charge < -0.3 is 9.84 Å². The van der Waals surface area contributed by atoms with Crippen LogP contribution in [0.25, 0.3) is 0 Å². The SMILES string of the molecule is CCc1ccc(NC(=O)c2nnc(CNC3(c4noc(C)n4)CCCC3)s2)cc1. The molecule has 0 aliphatic heterocycles. The molecule has 152 valence electrons. The second-order valence-corrected chi connectivity index (χ2v) is 8.35. The summed E-state index contributed by atoms with van der Waals surface area (Å²) < 4.78 is 5.18. The molecule has 0 atom stereocenters. The van der Waals surface area contributed by atoms with Gasteiger partial charge in [-0.2, -0.15) is 4.98 Å². The zero-order chi connectivity index (χ0) is 20.3. The standard InChI is InChI=1S/C20H24N6O2S/c1-3-14-6-8-15(9-7-14)23-17(27)18-25-24-16(29-18)12-21-20(10-4-5-11-20)19-22-13(2)28-26-19/h6-9,21H,3-5,10-12H2,1-2H3,(H,23,27). The lowest BCUT2D eigenvalue weighted by Gasteiger charge is -2.26. The number of carbonyl (C=O) groups is 1. The third-order valence-electron chi connectivity index (χ3n) is 5.27. The number of anilines is 1. The summed E-state index contributed by atoms with van der Waals surface area (Å²) in [5.41, 5.74) is 1.68. The monoisotopic (exact) mass is 412 g/mol. The Labute approximate surface area is 173 Å². The minimum atomic E-state index is -0.299. The first-order valence-electron chi connectivity index (χ1n) is 9.86. The number of hydrogen-bond donors (Lipinski definition) is 2. The van der Waals surface area contributed by atoms with Gasteiger partial charge in [0.05, 0.1) is 12.1 Å². The number of aromatic nitrogens is 4. The maximum absolute atomic E-state index is 12.5. The maximum Gasteiger partial charge on any atom is 0.286 e. The smallest absolute Gasteiger partial charge is 0.286 e. The molecular weight excluding hydrogens is 388 g/mol. The van der Waals surface area contributed by atoms with Gasteiger partial charge in [0.2, 0.25) is 10.9 Å². The Morgan fingerprint density at radius 2 is 1.97 bits per heavy atom. The molecule has 2 heterocycles. The number of nitrogens with one attached hydrogen (secondary N) is 2. The summed E-state index contributed by atoms with van der Waals surface area (Å²) in [6, 6.07) is 7.81. The van der Waals surface area contributed by atoms with E-state index in [2.05, 4.69) is 37.9 Å². The van der Waals surface area contributed by atoms with Crippen LogP contribution in [0.3, 0.4) is 0 Å². The van der Waals surface area contributed by atoms with Gasteiger partial charge in [-0.3, -0.25) is 10.1 Å². The molecule has 1 fully saturated rings. The molecule has 4 rings (SSSR count). The topological polar surface area (TPSA) is 106 Å². The molecule has 1 aliphatic carbocycles. The van der Waals surface area contributed by atoms with Crippen molar-refractivity contribution in [1.82, 2.24) is 25.7 Å². The predicted octanol–water partition coefficient (Wildman–Crippen LogP) is 3.60. The fraction of sp³-hybridized carbons (Fsp3) is 0.450. The van der Waals surface area contributed by atoms with Crippen molar-refractivity contribution in [3.8, 4) is 0 Å². The van der Waals surface area contributed by atoms with Gasteiger partial charge in [0.15, 0.2) is 5.82 Å². The minimum Gasteiger partial charge on any atom is -0.340 e. The van der Waals surface area contributed by atoms with E-state index in [-0.39, 0.29) is 11.4 Å². The first-order chi connectivity index (χ1) is 14.1. The van der Waals surface area contributed by atoms with Crippen molar-refractivity contribution in [2.75, 3.05) is 5.32 Å². The lowest BCUT2D eigenvalue weighted by molar-refractivity contribution is 0.102. The fourth-order valence-corrected chi connectivity index (χ4v) is 4.30. The van der Waals surface area contributed by atoms with Crippen molar-refractivity contribution in [2.45, 2.75) is 58.0 Å². The van der Waals surface area contributed by atoms with Crippen molar-refractivity contribution in [3.05, 3.63) is 51.6 Å². The van der Waals surface area contributed by atoms with Crippen LogP contribution in [0.2, 0.25) is 0 Å². The molecule has 8 nitrogen and oxygen atoms in total. The van der Waals surface area contributed by atoms with Crippen molar-refractivity contribution < 1.29 is 9.32 Å². The van der Waals surface area contributed by atoms with Crippen LogP contribution in [-0.2, 0) is 18.5 Å². The van der Waals surface area contributed by atoms with E-state index >= 15 is 0 Å². The molecular formula is C20H24N6O2S. The highest BCUT2D eigenvalue weighted by Gasteiger charge is 2.39. The molecule has 2 N–H and O–H groups in total. The molecule has 1 aromatic carbocycles. The van der Waals surface area contributed by atoms with E-state index in [1.54, 1.807) is 6.92 Å². The first kappa shape index (κ1) is 19.7. The Hall–Kier alpha value is -2.65. The van der Waals surface area contributed by atoms with Crippen LogP contribution in [0, 0.1) is 6.92 Å². The highest BCUT2D eigenvalue weighted by molar-refractivity contribution is 7.13. The zero-order valence-electron chi connectivity index (χ0n) is 16.6. The zero-order valence-corrected chi connectivity index (χ0v) is 17.4. The van der Waals surface area contributed by atoms with E-state index in [9.17, 15) is 4.79 Å². The largest absolute Gasteiger partial charge is 0.340 e. The van der Waals surface area contributed by atoms with Crippen LogP contribution in [0.15, 0.2) is 28.8 Å². The molecule has 0 bridgehead atoms. The highest BCUT2D eigenvalue weighted by Crippen LogP contribution is 2.37. The van der Waals surface area contributed by atoms with Crippen molar-refractivity contribution >= 4 is 22.9 Å². The summed E-state index contributed by atoms with van der Waals surface area (Å²) >= 11 is 1.29. The van der Waals surface area contributed by atoms with Crippen LogP contribution in [-0.4, -0.2) is 26.2 Å². The average molecular weight is 413 g/mol. The van der Waals surface area contributed by atoms with E-state index in [0.717, 1.165) is 42.8 Å². The van der Waals surface area contributed by atoms with Crippen LogP contribution in [0.4, 0.5) is 5.69 Å². The Bertz CT molecular complexity index is 975. The molecule has 0 saturated heterocycles. The van der Waals surface area contributed by atoms with Crippen molar-refractivity contribution in [1.29, 1.82) is 0 Å². The van der Waals surface area contributed by atoms with Crippen LogP contribution >= 0.6 is 11.3 Å². The molecule has 0 spiro atoms. The number of benzene rings is 1. The first-order valence-corrected chi connectivity index (χ1v) is 10.7. The Kier molecular flexibility index (Phi) is 5.68. The van der Waals surface area contributed by atoms with E-state index in [1.165, 1.54) is 16.9 Å². The lowest BCUT2D eigenvalue weighted by atomic mass is 9.96. The molecule has 1 amide bonds. The summed E-state index contributed by atoms with van der Waals surface area (Å²) in [7, 11) is 0. The van der Waals surface area contributed by atoms with E-state index in [0.29, 0.717) is 23.3 Å². The van der Waals surface area contributed by atoms with Crippen molar-refractivity contribution in [3.63, 3.8) is 0 Å². The molecule has 29 heavy (non-hydrogen) atoms. The molecule has 3 aromatic rings. The fourth-order valence-electron chi connectivity index (χ4n) is 3.62. The van der Waals surface area contributed by atoms with Gasteiger partial charge in [-0.15, -0.1) is 10.2 Å². The lowest BCUT2D eigenvalue weighted by Crippen LogP contribution is -2.40. The van der Waals surface area contributed by atoms with Gasteiger partial charge in [0, 0.05) is 12.6 Å². The highest BCUT2D eigenvalue weighted by atomic mass is 32.1. The molecule has 0 unspecified atom stereocenters. The van der Waals surface area contributed by atoms with Gasteiger partial charge in [0.1, 0.15) is 5.01 Å². The quantitative estimate of drug-likeness (QED) is 0.611. The summed E-state index contributed by atoms with van der Waals surface area (Å²) in [5.74, 6) is 1.02. The minimum absolute atomic E-state index is 0.248. The Morgan fingerprint density at radius 1 is 1.21 bits per heavy atom. The van der Waals surface area contributed by atoms with E-state index in [1.807, 2.05) is 24.3 Å². The van der Waals surface area contributed by atoms with Crippen LogP contribution in [0.5, 0.6) is 0 Å². The average Bonchev–Trinajstić information content (AvgIpc) is 3.48. The number of hydrogen-bond acceptors (Lipinski definition) is 8. The molecule has 1 aliphatic rings. The maximum atomic E-state index is 12.5. The summed E-state index contributed by atoms with van der Waals surface area (Å²) in [6.07, 6.45) is 5.09. The summed E-state index contributed by atoms with van der Waals surface area (Å²) in [5, 5.41) is 19.9. The van der Waals surface area contributed by atoms with Crippen LogP contribution in [0.1, 0.15) is 64.7 Å². The number of amides is 1. The molecule has 0 radical (unpaired) electrons. The molecule has 9 heteroatoms. The number of carbonyl (C=O) groups excluding carboxylic acids is 1. The number of aryl methyl sites for hydroxylation is 2. The van der Waals surface area contributed by atoms with Gasteiger partial charge >= 0.3 is 0 Å². The van der Waals surface area contributed by atoms with Gasteiger partial charge in [-0.05, 0) is 37.0 Å². The summed E-state index contributed by atoms with van der Waals surface area (Å²) in [4.78, 5) is 16.9. The Balaban J connectivity index is 1.40. The van der Waals surface area contributed by atoms with Crippen molar-refractivity contribution in [2.24, 2.45) is 0 Å². The Morgan fingerprint density at radius 3 is 2.62 bits per heavy atom. The van der Waals surface area contributed by atoms with Gasteiger partial charge in [0.25, 0.3) is 5.91 Å². The molecule has 1 saturated carbocycles. The van der Waals surface area contributed by atoms with Crippen LogP contribution < -0.4 is 10.6 Å². The predicted molar refractivity (Wildman–Crippen MR) is 110 cm³/mol. The normalized spacial score (nSPS) is 15.5. The summed E-state index contributed by atoms with van der Waals surface area (Å²) in [6.45, 7) is 4.40. The van der Waals surface area contributed by atoms with E-state index in [4.69, 9.17) is 4.52 Å². The second kappa shape index (κ2) is 8.38. The third-order valence-corrected chi connectivity index (χ3v) is 6.19. The number of nitrogens with zero attached hydrogens (tertiary/aromatic N) is 4. The van der Waals surface area contributed by atoms with Gasteiger partial charge in [-0.1, -0.05) is 48.4 Å². The van der Waals surface area contributed by atoms with Gasteiger partial charge in [-0.25, -0.2) is 0 Å². The molecule has 2 aromatic heterocycles. The second-order valence-electron chi connectivity index (χ2n) is 7.29. The third kappa shape index (κ3) is 4.35.